The van der Waals surface area contributed by atoms with Crippen LogP contribution in [0.5, 0.6) is 0 Å². The molecule has 1 aromatic heterocycles. The zero-order valence-electron chi connectivity index (χ0n) is 9.49. The summed E-state index contributed by atoms with van der Waals surface area (Å²) in [7, 11) is 1.98. The molecule has 1 saturated heterocycles. The number of halogens is 1. The Bertz CT molecular complexity index is 343. The van der Waals surface area contributed by atoms with Crippen LogP contribution in [0, 0.1) is 0 Å². The third-order valence-corrected chi connectivity index (χ3v) is 3.25. The van der Waals surface area contributed by atoms with E-state index in [1.807, 2.05) is 7.05 Å². The van der Waals surface area contributed by atoms with Crippen LogP contribution >= 0.6 is 11.6 Å². The molecule has 1 aliphatic heterocycles. The molecule has 1 aliphatic rings. The van der Waals surface area contributed by atoms with E-state index in [4.69, 9.17) is 11.6 Å². The fourth-order valence-electron chi connectivity index (χ4n) is 2.24. The molecule has 1 unspecified atom stereocenters. The number of likely N-dealkylation sites (N-methyl/N-ethyl adjacent to an activating group) is 1. The van der Waals surface area contributed by atoms with Gasteiger partial charge in [-0.15, -0.1) is 0 Å². The van der Waals surface area contributed by atoms with Crippen LogP contribution in [0.3, 0.4) is 0 Å². The fourth-order valence-corrected chi connectivity index (χ4v) is 2.46. The molecule has 0 radical (unpaired) electrons. The normalized spacial score (nSPS) is 21.1. The Morgan fingerprint density at radius 3 is 3.19 bits per heavy atom. The fraction of sp³-hybridized carbons (Fsp3) is 0.636. The molecule has 0 aromatic carbocycles. The first kappa shape index (κ1) is 11.6. The van der Waals surface area contributed by atoms with Crippen LogP contribution in [-0.4, -0.2) is 36.1 Å². The Morgan fingerprint density at radius 1 is 1.56 bits per heavy atom. The number of aromatic nitrogens is 2. The monoisotopic (exact) mass is 240 g/mol. The molecule has 16 heavy (non-hydrogen) atoms. The number of hydrogen-bond acceptors (Lipinski definition) is 4. The van der Waals surface area contributed by atoms with Gasteiger partial charge >= 0.3 is 0 Å². The molecule has 1 fully saturated rings. The highest BCUT2D eigenvalue weighted by molar-refractivity contribution is 6.32. The van der Waals surface area contributed by atoms with Crippen molar-refractivity contribution in [3.63, 3.8) is 0 Å². The lowest BCUT2D eigenvalue weighted by molar-refractivity contribution is 0.443. The summed E-state index contributed by atoms with van der Waals surface area (Å²) >= 11 is 6.14. The Labute approximate surface area is 101 Å². The van der Waals surface area contributed by atoms with Crippen molar-refractivity contribution in [3.05, 3.63) is 17.5 Å². The van der Waals surface area contributed by atoms with Crippen molar-refractivity contribution in [3.8, 4) is 0 Å². The minimum atomic E-state index is 0.492. The van der Waals surface area contributed by atoms with Crippen molar-refractivity contribution in [2.45, 2.75) is 25.3 Å². The van der Waals surface area contributed by atoms with Gasteiger partial charge in [-0.2, -0.15) is 0 Å². The Hall–Kier alpha value is -0.870. The smallest absolute Gasteiger partial charge is 0.151 e. The van der Waals surface area contributed by atoms with E-state index < -0.39 is 0 Å². The summed E-state index contributed by atoms with van der Waals surface area (Å²) in [6, 6.07) is 0.492. The third kappa shape index (κ3) is 2.44. The summed E-state index contributed by atoms with van der Waals surface area (Å²) in [5, 5.41) is 3.87. The molecule has 0 saturated carbocycles. The van der Waals surface area contributed by atoms with Crippen molar-refractivity contribution in [1.82, 2.24) is 15.3 Å². The number of nitrogens with one attached hydrogen (secondary N) is 1. The number of piperidine rings is 1. The molecular weight excluding hydrogens is 224 g/mol. The van der Waals surface area contributed by atoms with E-state index in [2.05, 4.69) is 20.2 Å². The zero-order chi connectivity index (χ0) is 11.4. The van der Waals surface area contributed by atoms with E-state index in [-0.39, 0.29) is 0 Å². The van der Waals surface area contributed by atoms with E-state index in [1.165, 1.54) is 19.3 Å². The van der Waals surface area contributed by atoms with E-state index in [9.17, 15) is 0 Å². The van der Waals surface area contributed by atoms with Crippen LogP contribution in [-0.2, 0) is 0 Å². The molecule has 1 aromatic rings. The van der Waals surface area contributed by atoms with Crippen LogP contribution in [0.25, 0.3) is 0 Å². The van der Waals surface area contributed by atoms with Gasteiger partial charge in [-0.1, -0.05) is 11.6 Å². The quantitative estimate of drug-likeness (QED) is 0.874. The minimum absolute atomic E-state index is 0.492. The van der Waals surface area contributed by atoms with Crippen LogP contribution < -0.4 is 10.2 Å². The third-order valence-electron chi connectivity index (χ3n) is 2.99. The summed E-state index contributed by atoms with van der Waals surface area (Å²) in [6.07, 6.45) is 6.91. The van der Waals surface area contributed by atoms with Gasteiger partial charge in [-0.05, 0) is 26.3 Å². The van der Waals surface area contributed by atoms with Gasteiger partial charge in [0.2, 0.25) is 0 Å². The molecule has 0 aliphatic carbocycles. The molecule has 0 spiro atoms. The largest absolute Gasteiger partial charge is 0.351 e. The molecule has 2 rings (SSSR count). The summed E-state index contributed by atoms with van der Waals surface area (Å²) in [6.45, 7) is 2.00. The molecule has 1 N–H and O–H groups in total. The van der Waals surface area contributed by atoms with Gasteiger partial charge < -0.3 is 10.2 Å². The van der Waals surface area contributed by atoms with E-state index >= 15 is 0 Å². The highest BCUT2D eigenvalue weighted by Gasteiger charge is 2.24. The predicted octanol–water partition coefficient (Wildman–Crippen LogP) is 1.71. The van der Waals surface area contributed by atoms with E-state index in [0.717, 1.165) is 18.9 Å². The van der Waals surface area contributed by atoms with Crippen LogP contribution in [0.15, 0.2) is 12.5 Å². The second-order valence-corrected chi connectivity index (χ2v) is 4.50. The van der Waals surface area contributed by atoms with Crippen LogP contribution in [0.1, 0.15) is 19.3 Å². The Kier molecular flexibility index (Phi) is 3.96. The SMILES string of the molecule is CNCC1CCCCN1c1ncncc1Cl. The second-order valence-electron chi connectivity index (χ2n) is 4.09. The lowest BCUT2D eigenvalue weighted by Crippen LogP contribution is -2.45. The summed E-state index contributed by atoms with van der Waals surface area (Å²) in [4.78, 5) is 10.5. The Morgan fingerprint density at radius 2 is 2.44 bits per heavy atom. The van der Waals surface area contributed by atoms with Crippen molar-refractivity contribution < 1.29 is 0 Å². The lowest BCUT2D eigenvalue weighted by Gasteiger charge is -2.36. The maximum absolute atomic E-state index is 6.14. The number of rotatable bonds is 3. The molecule has 4 nitrogen and oxygen atoms in total. The van der Waals surface area contributed by atoms with Gasteiger partial charge in [0, 0.05) is 19.1 Å². The molecule has 5 heteroatoms. The first-order valence-electron chi connectivity index (χ1n) is 5.69. The van der Waals surface area contributed by atoms with Gasteiger partial charge in [0.25, 0.3) is 0 Å². The molecule has 1 atom stereocenters. The van der Waals surface area contributed by atoms with Gasteiger partial charge in [0.15, 0.2) is 5.82 Å². The average Bonchev–Trinajstić information content (AvgIpc) is 2.31. The van der Waals surface area contributed by atoms with Crippen molar-refractivity contribution in [2.75, 3.05) is 25.0 Å². The maximum Gasteiger partial charge on any atom is 0.151 e. The molecule has 88 valence electrons. The standard InChI is InChI=1S/C11H17ClN4/c1-13-6-9-4-2-3-5-16(9)11-10(12)7-14-8-15-11/h7-9,13H,2-6H2,1H3. The van der Waals surface area contributed by atoms with E-state index in [0.29, 0.717) is 11.1 Å². The highest BCUT2D eigenvalue weighted by Crippen LogP contribution is 2.27. The van der Waals surface area contributed by atoms with Gasteiger partial charge in [0.1, 0.15) is 11.3 Å². The Balaban J connectivity index is 2.19. The molecule has 0 amide bonds. The number of nitrogens with zero attached hydrogens (tertiary/aromatic N) is 3. The van der Waals surface area contributed by atoms with Crippen molar-refractivity contribution >= 4 is 17.4 Å². The topological polar surface area (TPSA) is 41.0 Å². The van der Waals surface area contributed by atoms with Gasteiger partial charge in [-0.3, -0.25) is 0 Å². The predicted molar refractivity (Wildman–Crippen MR) is 66.0 cm³/mol. The number of hydrogen-bond donors (Lipinski definition) is 1. The van der Waals surface area contributed by atoms with Crippen molar-refractivity contribution in [2.24, 2.45) is 0 Å². The molecular formula is C11H17ClN4. The maximum atomic E-state index is 6.14. The highest BCUT2D eigenvalue weighted by atomic mass is 35.5. The minimum Gasteiger partial charge on any atom is -0.351 e. The summed E-state index contributed by atoms with van der Waals surface area (Å²) < 4.78 is 0. The van der Waals surface area contributed by atoms with Gasteiger partial charge in [0.05, 0.1) is 6.20 Å². The summed E-state index contributed by atoms with van der Waals surface area (Å²) in [5.74, 6) is 0.872. The summed E-state index contributed by atoms with van der Waals surface area (Å²) in [5.41, 5.74) is 0. The second kappa shape index (κ2) is 5.46. The van der Waals surface area contributed by atoms with Crippen molar-refractivity contribution in [1.29, 1.82) is 0 Å². The molecule has 0 bridgehead atoms. The zero-order valence-corrected chi connectivity index (χ0v) is 10.2. The average molecular weight is 241 g/mol. The van der Waals surface area contributed by atoms with Crippen LogP contribution in [0.4, 0.5) is 5.82 Å². The lowest BCUT2D eigenvalue weighted by atomic mass is 10.0. The van der Waals surface area contributed by atoms with E-state index in [1.54, 1.807) is 12.5 Å². The first-order valence-corrected chi connectivity index (χ1v) is 6.07. The number of anilines is 1. The van der Waals surface area contributed by atoms with Gasteiger partial charge in [-0.25, -0.2) is 9.97 Å². The van der Waals surface area contributed by atoms with Crippen LogP contribution in [0.2, 0.25) is 5.02 Å². The first-order chi connectivity index (χ1) is 7.83. The molecule has 2 heterocycles.